The van der Waals surface area contributed by atoms with E-state index < -0.39 is 0 Å². The number of aromatic amines is 1. The molecule has 0 spiro atoms. The van der Waals surface area contributed by atoms with Gasteiger partial charge in [-0.15, -0.1) is 0 Å². The number of allylic oxidation sites excluding steroid dienone is 1. The average Bonchev–Trinajstić information content (AvgIpc) is 2.47. The number of aromatic nitrogens is 1. The zero-order valence-corrected chi connectivity index (χ0v) is 6.30. The van der Waals surface area contributed by atoms with Crippen LogP contribution in [0, 0.1) is 0 Å². The largest absolute Gasteiger partial charge is 0.364 e. The summed E-state index contributed by atoms with van der Waals surface area (Å²) < 4.78 is 0. The lowest BCUT2D eigenvalue weighted by Crippen LogP contribution is -2.30. The quantitative estimate of drug-likeness (QED) is 0.531. The van der Waals surface area contributed by atoms with Gasteiger partial charge in [0, 0.05) is 17.5 Å². The van der Waals surface area contributed by atoms with Crippen LogP contribution in [0.3, 0.4) is 0 Å². The summed E-state index contributed by atoms with van der Waals surface area (Å²) >= 11 is 0. The number of hydrogen-bond donors (Lipinski definition) is 2. The summed E-state index contributed by atoms with van der Waals surface area (Å²) in [4.78, 5) is 3.21. The van der Waals surface area contributed by atoms with Crippen LogP contribution in [0.15, 0.2) is 12.3 Å². The highest BCUT2D eigenvalue weighted by molar-refractivity contribution is 5.82. The van der Waals surface area contributed by atoms with E-state index in [9.17, 15) is 0 Å². The molecule has 0 amide bonds. The number of aryl methyl sites for hydroxylation is 1. The highest BCUT2D eigenvalue weighted by Gasteiger charge is 2.10. The summed E-state index contributed by atoms with van der Waals surface area (Å²) in [6, 6.07) is 0. The van der Waals surface area contributed by atoms with Gasteiger partial charge in [-0.05, 0) is 12.8 Å². The second kappa shape index (κ2) is 2.38. The minimum atomic E-state index is 1.11. The predicted molar refractivity (Wildman–Crippen MR) is 45.2 cm³/mol. The molecular formula is C9H11N2+. The standard InChI is InChI=1S/C9H10N2/c10-5-7-6-11-9-4-2-1-3-8(7)9/h1,3,5-6,10-11H,2,4H2/p+1. The highest BCUT2D eigenvalue weighted by atomic mass is 14.7. The summed E-state index contributed by atoms with van der Waals surface area (Å²) in [6.45, 7) is 0. The molecule has 2 nitrogen and oxygen atoms in total. The van der Waals surface area contributed by atoms with Gasteiger partial charge in [0.1, 0.15) is 0 Å². The summed E-state index contributed by atoms with van der Waals surface area (Å²) in [5, 5.41) is 5.44. The topological polar surface area (TPSA) is 41.4 Å². The van der Waals surface area contributed by atoms with Crippen LogP contribution < -0.4 is 5.41 Å². The number of nitrogens with one attached hydrogen (secondary N) is 1. The fourth-order valence-corrected chi connectivity index (χ4v) is 1.47. The van der Waals surface area contributed by atoms with Gasteiger partial charge in [-0.3, -0.25) is 5.41 Å². The molecular weight excluding hydrogens is 136 g/mol. The van der Waals surface area contributed by atoms with Crippen molar-refractivity contribution in [3.05, 3.63) is 29.1 Å². The van der Waals surface area contributed by atoms with Crippen molar-refractivity contribution in [1.82, 2.24) is 4.98 Å². The van der Waals surface area contributed by atoms with Crippen molar-refractivity contribution < 1.29 is 5.41 Å². The minimum Gasteiger partial charge on any atom is -0.364 e. The molecule has 0 radical (unpaired) electrons. The number of hydrogen-bond acceptors (Lipinski definition) is 0. The summed E-state index contributed by atoms with van der Waals surface area (Å²) in [6.07, 6.45) is 10.2. The maximum Gasteiger partial charge on any atom is 0.169 e. The van der Waals surface area contributed by atoms with Crippen molar-refractivity contribution in [3.8, 4) is 0 Å². The second-order valence-corrected chi connectivity index (χ2v) is 2.74. The van der Waals surface area contributed by atoms with Gasteiger partial charge in [0.2, 0.25) is 0 Å². The first-order valence-electron chi connectivity index (χ1n) is 3.83. The molecule has 56 valence electrons. The molecule has 1 heterocycles. The van der Waals surface area contributed by atoms with E-state index >= 15 is 0 Å². The number of nitrogens with two attached hydrogens (primary N) is 1. The van der Waals surface area contributed by atoms with Gasteiger partial charge >= 0.3 is 0 Å². The molecule has 1 aliphatic carbocycles. The molecule has 0 fully saturated rings. The van der Waals surface area contributed by atoms with E-state index in [1.54, 1.807) is 6.21 Å². The van der Waals surface area contributed by atoms with Crippen LogP contribution in [0.25, 0.3) is 6.08 Å². The lowest BCUT2D eigenvalue weighted by Gasteiger charge is -2.03. The molecule has 0 bridgehead atoms. The van der Waals surface area contributed by atoms with Gasteiger partial charge in [0.15, 0.2) is 6.21 Å². The predicted octanol–water partition coefficient (Wildman–Crippen LogP) is 0.152. The Kier molecular flexibility index (Phi) is 1.39. The van der Waals surface area contributed by atoms with Crippen LogP contribution >= 0.6 is 0 Å². The van der Waals surface area contributed by atoms with Gasteiger partial charge in [-0.2, -0.15) is 0 Å². The molecule has 0 saturated heterocycles. The maximum absolute atomic E-state index is 5.44. The Morgan fingerprint density at radius 2 is 2.45 bits per heavy atom. The molecule has 2 rings (SSSR count). The van der Waals surface area contributed by atoms with Crippen LogP contribution in [0.4, 0.5) is 0 Å². The zero-order valence-electron chi connectivity index (χ0n) is 6.30. The Bertz CT molecular complexity index is 307. The van der Waals surface area contributed by atoms with Gasteiger partial charge in [0.25, 0.3) is 0 Å². The van der Waals surface area contributed by atoms with Gasteiger partial charge in [-0.25, -0.2) is 0 Å². The van der Waals surface area contributed by atoms with Gasteiger partial charge in [-0.1, -0.05) is 12.2 Å². The van der Waals surface area contributed by atoms with Crippen molar-refractivity contribution in [1.29, 1.82) is 0 Å². The summed E-state index contributed by atoms with van der Waals surface area (Å²) in [5.41, 5.74) is 3.68. The van der Waals surface area contributed by atoms with E-state index in [2.05, 4.69) is 17.1 Å². The van der Waals surface area contributed by atoms with Crippen molar-refractivity contribution >= 4 is 12.3 Å². The van der Waals surface area contributed by atoms with E-state index in [0.717, 1.165) is 18.4 Å². The van der Waals surface area contributed by atoms with E-state index in [1.165, 1.54) is 11.3 Å². The second-order valence-electron chi connectivity index (χ2n) is 2.74. The molecule has 0 atom stereocenters. The monoisotopic (exact) mass is 147 g/mol. The zero-order chi connectivity index (χ0) is 7.68. The van der Waals surface area contributed by atoms with Crippen molar-refractivity contribution in [3.63, 3.8) is 0 Å². The molecule has 0 aromatic carbocycles. The van der Waals surface area contributed by atoms with Crippen molar-refractivity contribution in [2.45, 2.75) is 12.8 Å². The SMILES string of the molecule is [NH2+]=Cc1c[nH]c2c1C=CCC2. The van der Waals surface area contributed by atoms with Crippen LogP contribution in [-0.2, 0) is 6.42 Å². The van der Waals surface area contributed by atoms with Crippen LogP contribution in [0.5, 0.6) is 0 Å². The van der Waals surface area contributed by atoms with Crippen LogP contribution in [-0.4, -0.2) is 11.2 Å². The van der Waals surface area contributed by atoms with Crippen molar-refractivity contribution in [2.24, 2.45) is 0 Å². The normalized spacial score (nSPS) is 14.5. The lowest BCUT2D eigenvalue weighted by atomic mass is 10.0. The Morgan fingerprint density at radius 1 is 1.55 bits per heavy atom. The minimum absolute atomic E-state index is 1.11. The smallest absolute Gasteiger partial charge is 0.169 e. The Morgan fingerprint density at radius 3 is 3.27 bits per heavy atom. The molecule has 0 unspecified atom stereocenters. The molecule has 11 heavy (non-hydrogen) atoms. The van der Waals surface area contributed by atoms with Crippen LogP contribution in [0.2, 0.25) is 0 Å². The van der Waals surface area contributed by atoms with Gasteiger partial charge in [0.05, 0.1) is 5.56 Å². The lowest BCUT2D eigenvalue weighted by molar-refractivity contribution is -0.104. The molecule has 1 aromatic rings. The summed E-state index contributed by atoms with van der Waals surface area (Å²) in [5.74, 6) is 0. The average molecular weight is 147 g/mol. The third-order valence-corrected chi connectivity index (χ3v) is 2.06. The Balaban J connectivity index is 2.56. The van der Waals surface area contributed by atoms with Crippen LogP contribution in [0.1, 0.15) is 23.2 Å². The third-order valence-electron chi connectivity index (χ3n) is 2.06. The summed E-state index contributed by atoms with van der Waals surface area (Å²) in [7, 11) is 0. The molecule has 3 N–H and O–H groups in total. The van der Waals surface area contributed by atoms with E-state index in [0.29, 0.717) is 0 Å². The molecule has 1 aromatic heterocycles. The van der Waals surface area contributed by atoms with Crippen molar-refractivity contribution in [2.75, 3.05) is 0 Å². The first-order valence-corrected chi connectivity index (χ1v) is 3.83. The molecule has 2 heteroatoms. The molecule has 0 aliphatic heterocycles. The van der Waals surface area contributed by atoms with E-state index in [-0.39, 0.29) is 0 Å². The first kappa shape index (κ1) is 6.40. The van der Waals surface area contributed by atoms with E-state index in [4.69, 9.17) is 5.41 Å². The number of rotatable bonds is 1. The number of H-pyrrole nitrogens is 1. The highest BCUT2D eigenvalue weighted by Crippen LogP contribution is 2.20. The van der Waals surface area contributed by atoms with Gasteiger partial charge < -0.3 is 4.98 Å². The molecule has 0 saturated carbocycles. The number of fused-ring (bicyclic) bond motifs is 1. The molecule has 1 aliphatic rings. The fraction of sp³-hybridized carbons (Fsp3) is 0.222. The Hall–Kier alpha value is -1.31. The first-order chi connectivity index (χ1) is 5.42. The van der Waals surface area contributed by atoms with E-state index in [1.807, 2.05) is 6.20 Å². The maximum atomic E-state index is 5.44. The third kappa shape index (κ3) is 0.909. The Labute approximate surface area is 65.5 Å². The fourth-order valence-electron chi connectivity index (χ4n) is 1.47.